The molecule has 3 N–H and O–H groups in total. The smallest absolute Gasteiger partial charge is 0.227 e. The molecule has 1 unspecified atom stereocenters. The van der Waals surface area contributed by atoms with E-state index in [2.05, 4.69) is 86.9 Å². The van der Waals surface area contributed by atoms with Crippen LogP contribution in [0.25, 0.3) is 17.0 Å². The molecule has 1 atom stereocenters. The number of benzene rings is 2. The number of nitrogens with one attached hydrogen (secondary N) is 3. The summed E-state index contributed by atoms with van der Waals surface area (Å²) in [5.74, 6) is 1.15. The maximum Gasteiger partial charge on any atom is 0.227 e. The monoisotopic (exact) mass is 448 g/mol. The Balaban J connectivity index is 1.30. The van der Waals surface area contributed by atoms with Gasteiger partial charge in [-0.25, -0.2) is 9.97 Å². The number of nitrogens with zero attached hydrogens (tertiary/aromatic N) is 3. The molecule has 1 aliphatic heterocycles. The van der Waals surface area contributed by atoms with Crippen molar-refractivity contribution in [2.75, 3.05) is 23.7 Å². The maximum atomic E-state index is 4.66. The van der Waals surface area contributed by atoms with E-state index < -0.39 is 0 Å². The van der Waals surface area contributed by atoms with Gasteiger partial charge in [0.15, 0.2) is 0 Å². The molecule has 0 saturated carbocycles. The highest BCUT2D eigenvalue weighted by molar-refractivity contribution is 5.78. The lowest BCUT2D eigenvalue weighted by Gasteiger charge is -2.15. The van der Waals surface area contributed by atoms with Crippen LogP contribution in [-0.2, 0) is 0 Å². The molecule has 2 aromatic carbocycles. The first kappa shape index (κ1) is 21.8. The van der Waals surface area contributed by atoms with Crippen LogP contribution >= 0.6 is 0 Å². The highest BCUT2D eigenvalue weighted by atomic mass is 15.1. The van der Waals surface area contributed by atoms with Crippen LogP contribution in [0, 0.1) is 6.92 Å². The molecule has 3 heterocycles. The lowest BCUT2D eigenvalue weighted by Crippen LogP contribution is -2.08. The van der Waals surface area contributed by atoms with Gasteiger partial charge in [-0.1, -0.05) is 30.8 Å². The normalized spacial score (nSPS) is 15.1. The van der Waals surface area contributed by atoms with Crippen molar-refractivity contribution in [2.24, 2.45) is 0 Å². The van der Waals surface area contributed by atoms with Crippen molar-refractivity contribution < 1.29 is 0 Å². The van der Waals surface area contributed by atoms with Gasteiger partial charge >= 0.3 is 0 Å². The van der Waals surface area contributed by atoms with Crippen molar-refractivity contribution in [1.82, 2.24) is 20.3 Å². The highest BCUT2D eigenvalue weighted by Crippen LogP contribution is 2.27. The minimum Gasteiger partial charge on any atom is -0.356 e. The third-order valence-electron chi connectivity index (χ3n) is 6.18. The Hall–Kier alpha value is -4.03. The zero-order valence-electron chi connectivity index (χ0n) is 19.3. The molecular weight excluding hydrogens is 420 g/mol. The quantitative estimate of drug-likeness (QED) is 0.334. The first-order chi connectivity index (χ1) is 16.7. The summed E-state index contributed by atoms with van der Waals surface area (Å²) < 4.78 is 0. The van der Waals surface area contributed by atoms with Gasteiger partial charge in [0.2, 0.25) is 5.95 Å². The zero-order chi connectivity index (χ0) is 23.3. The molecule has 0 aliphatic carbocycles. The summed E-state index contributed by atoms with van der Waals surface area (Å²) in [5, 5.41) is 10.2. The van der Waals surface area contributed by atoms with Crippen LogP contribution in [0.2, 0.25) is 0 Å². The van der Waals surface area contributed by atoms with E-state index in [4.69, 9.17) is 0 Å². The minimum atomic E-state index is 0.539. The van der Waals surface area contributed by atoms with Gasteiger partial charge in [-0.2, -0.15) is 0 Å². The highest BCUT2D eigenvalue weighted by Gasteiger charge is 2.16. The molecule has 1 fully saturated rings. The van der Waals surface area contributed by atoms with Crippen molar-refractivity contribution >= 4 is 23.0 Å². The summed E-state index contributed by atoms with van der Waals surface area (Å²) in [6, 6.07) is 20.7. The first-order valence-corrected chi connectivity index (χ1v) is 11.5. The van der Waals surface area contributed by atoms with Crippen molar-refractivity contribution in [3.8, 4) is 11.3 Å². The Kier molecular flexibility index (Phi) is 6.31. The Bertz CT molecular complexity index is 1280. The predicted molar refractivity (Wildman–Crippen MR) is 139 cm³/mol. The number of hydrogen-bond donors (Lipinski definition) is 3. The van der Waals surface area contributed by atoms with Gasteiger partial charge in [0.05, 0.1) is 5.69 Å². The van der Waals surface area contributed by atoms with Gasteiger partial charge < -0.3 is 16.0 Å². The van der Waals surface area contributed by atoms with Crippen LogP contribution in [-0.4, -0.2) is 28.0 Å². The van der Waals surface area contributed by atoms with Crippen LogP contribution in [0.3, 0.4) is 0 Å². The average Bonchev–Trinajstić information content (AvgIpc) is 3.42. The van der Waals surface area contributed by atoms with E-state index in [1.807, 2.05) is 18.2 Å². The Morgan fingerprint density at radius 3 is 2.71 bits per heavy atom. The fraction of sp³-hybridized carbons (Fsp3) is 0.179. The summed E-state index contributed by atoms with van der Waals surface area (Å²) in [5.41, 5.74) is 8.06. The number of hydrogen-bond acceptors (Lipinski definition) is 6. The van der Waals surface area contributed by atoms with Gasteiger partial charge in [0.1, 0.15) is 0 Å². The van der Waals surface area contributed by atoms with Crippen molar-refractivity contribution in [3.05, 3.63) is 103 Å². The number of pyridine rings is 1. The molecule has 1 aliphatic rings. The van der Waals surface area contributed by atoms with Crippen LogP contribution in [0.15, 0.2) is 85.8 Å². The summed E-state index contributed by atoms with van der Waals surface area (Å²) in [6.45, 7) is 8.49. The van der Waals surface area contributed by atoms with Gasteiger partial charge in [0, 0.05) is 47.8 Å². The predicted octanol–water partition coefficient (Wildman–Crippen LogP) is 5.75. The second-order valence-electron chi connectivity index (χ2n) is 8.58. The molecular formula is C28H28N6. The van der Waals surface area contributed by atoms with E-state index in [9.17, 15) is 0 Å². The summed E-state index contributed by atoms with van der Waals surface area (Å²) >= 11 is 0. The Morgan fingerprint density at radius 1 is 1.06 bits per heavy atom. The fourth-order valence-electron chi connectivity index (χ4n) is 4.18. The summed E-state index contributed by atoms with van der Waals surface area (Å²) in [7, 11) is 0. The molecule has 0 radical (unpaired) electrons. The molecule has 4 aromatic rings. The van der Waals surface area contributed by atoms with E-state index >= 15 is 0 Å². The average molecular weight is 449 g/mol. The topological polar surface area (TPSA) is 74.8 Å². The molecule has 6 nitrogen and oxygen atoms in total. The summed E-state index contributed by atoms with van der Waals surface area (Å²) in [4.78, 5) is 13.2. The van der Waals surface area contributed by atoms with E-state index in [-0.39, 0.29) is 0 Å². The van der Waals surface area contributed by atoms with Gasteiger partial charge in [0.25, 0.3) is 0 Å². The lowest BCUT2D eigenvalue weighted by molar-refractivity contribution is 0.763. The van der Waals surface area contributed by atoms with Gasteiger partial charge in [-0.05, 0) is 78.9 Å². The first-order valence-electron chi connectivity index (χ1n) is 11.5. The second-order valence-corrected chi connectivity index (χ2v) is 8.58. The molecule has 1 saturated heterocycles. The molecule has 0 bridgehead atoms. The fourth-order valence-corrected chi connectivity index (χ4v) is 4.18. The Morgan fingerprint density at radius 2 is 1.94 bits per heavy atom. The molecule has 6 heteroatoms. The van der Waals surface area contributed by atoms with E-state index in [0.29, 0.717) is 11.9 Å². The SMILES string of the molecule is C=C(Nc1ccc(C2CCNC2)cc1)c1ccc(C)c(Nc2nccc(-c3cccnc3)n2)c1. The third-order valence-corrected chi connectivity index (χ3v) is 6.18. The molecule has 0 spiro atoms. The van der Waals surface area contributed by atoms with E-state index in [1.54, 1.807) is 18.6 Å². The van der Waals surface area contributed by atoms with Gasteiger partial charge in [-0.15, -0.1) is 0 Å². The van der Waals surface area contributed by atoms with E-state index in [1.165, 1.54) is 12.0 Å². The van der Waals surface area contributed by atoms with Crippen LogP contribution in [0.4, 0.5) is 17.3 Å². The number of anilines is 3. The maximum absolute atomic E-state index is 4.66. The Labute approximate surface area is 200 Å². The van der Waals surface area contributed by atoms with Crippen molar-refractivity contribution in [3.63, 3.8) is 0 Å². The number of aromatic nitrogens is 3. The standard InChI is InChI=1S/C28H28N6/c1-19-5-6-22(20(2)32-25-9-7-21(8-10-25)23-11-14-30-17-23)16-27(19)34-28-31-15-12-26(33-28)24-4-3-13-29-18-24/h3-10,12-13,15-16,18,23,30,32H,2,11,14,17H2,1H3,(H,31,33,34). The molecule has 2 aromatic heterocycles. The third kappa shape index (κ3) is 4.97. The number of rotatable bonds is 7. The van der Waals surface area contributed by atoms with Gasteiger partial charge in [-0.3, -0.25) is 4.98 Å². The van der Waals surface area contributed by atoms with Crippen LogP contribution in [0.5, 0.6) is 0 Å². The zero-order valence-corrected chi connectivity index (χ0v) is 19.3. The molecule has 0 amide bonds. The molecule has 170 valence electrons. The largest absolute Gasteiger partial charge is 0.356 e. The summed E-state index contributed by atoms with van der Waals surface area (Å²) in [6.07, 6.45) is 6.50. The van der Waals surface area contributed by atoms with Crippen molar-refractivity contribution in [1.29, 1.82) is 0 Å². The minimum absolute atomic E-state index is 0.539. The number of aryl methyl sites for hydroxylation is 1. The van der Waals surface area contributed by atoms with E-state index in [0.717, 1.165) is 52.5 Å². The molecule has 5 rings (SSSR count). The van der Waals surface area contributed by atoms with Crippen LogP contribution < -0.4 is 16.0 Å². The second kappa shape index (κ2) is 9.85. The van der Waals surface area contributed by atoms with Crippen molar-refractivity contribution in [2.45, 2.75) is 19.3 Å². The molecule has 34 heavy (non-hydrogen) atoms. The lowest BCUT2D eigenvalue weighted by atomic mass is 9.98. The van der Waals surface area contributed by atoms with Crippen LogP contribution in [0.1, 0.15) is 29.0 Å².